The lowest BCUT2D eigenvalue weighted by Gasteiger charge is -2.31. The summed E-state index contributed by atoms with van der Waals surface area (Å²) in [6.45, 7) is 8.95. The van der Waals surface area contributed by atoms with E-state index in [1.54, 1.807) is 60.7 Å². The van der Waals surface area contributed by atoms with E-state index in [4.69, 9.17) is 0 Å². The summed E-state index contributed by atoms with van der Waals surface area (Å²) in [7, 11) is 0. The molecule has 4 amide bonds. The van der Waals surface area contributed by atoms with Crippen molar-refractivity contribution in [3.05, 3.63) is 148 Å². The largest absolute Gasteiger partial charge is 0.508 e. The van der Waals surface area contributed by atoms with Crippen LogP contribution in [0.1, 0.15) is 265 Å². The van der Waals surface area contributed by atoms with Gasteiger partial charge in [-0.1, -0.05) is 206 Å². The van der Waals surface area contributed by atoms with E-state index in [0.29, 0.717) is 63.2 Å². The number of aromatic nitrogens is 1. The van der Waals surface area contributed by atoms with Gasteiger partial charge in [0.2, 0.25) is 0 Å². The molecule has 10 rings (SSSR count). The van der Waals surface area contributed by atoms with Gasteiger partial charge in [0, 0.05) is 45.4 Å². The Morgan fingerprint density at radius 3 is 0.964 bits per heavy atom. The number of nitrogens with zero attached hydrogens (tertiary/aromatic N) is 3. The van der Waals surface area contributed by atoms with Gasteiger partial charge < -0.3 is 10.2 Å². The number of anilines is 2. The summed E-state index contributed by atoms with van der Waals surface area (Å²) in [6, 6.07) is 29.0. The van der Waals surface area contributed by atoms with Crippen LogP contribution in [0.4, 0.5) is 11.4 Å². The number of phenols is 2. The molecular formula is C75H91N3O6. The highest BCUT2D eigenvalue weighted by Crippen LogP contribution is 2.48. The van der Waals surface area contributed by atoms with Crippen LogP contribution in [-0.2, 0) is 12.8 Å². The highest BCUT2D eigenvalue weighted by atomic mass is 16.3. The molecule has 0 radical (unpaired) electrons. The zero-order valence-corrected chi connectivity index (χ0v) is 50.8. The zero-order valence-electron chi connectivity index (χ0n) is 50.8. The van der Waals surface area contributed by atoms with E-state index in [1.807, 2.05) is 36.7 Å². The van der Waals surface area contributed by atoms with E-state index in [-0.39, 0.29) is 11.5 Å². The number of aryl methyl sites for hydroxylation is 2. The minimum absolute atomic E-state index is 0.106. The standard InChI is InChI=1S/C66H78N2O6.C9H13N/c1-3-5-7-9-11-13-15-17-19-21-23-25-27-29-45-43-47(69)31-41-57(45)67-63(71)53-37-33-49-51-35-39-55-62-56(40-36-52(60(51)62)50-34-38-54(64(67)72)61(53)59(49)50)66(74)68(65(55)73)58-42-32-48(70)44-46(58)30-28-26-24-22-20-18-16-14-12-10-8-6-4-2;1-3-8(2)9-4-6-10-7-5-9/h31-44,69-70H,3-30H2,1-2H3;4-8H,3H2,1-2H3. The molecule has 0 saturated heterocycles. The third kappa shape index (κ3) is 14.0. The van der Waals surface area contributed by atoms with Crippen molar-refractivity contribution in [3.63, 3.8) is 0 Å². The Morgan fingerprint density at radius 1 is 0.369 bits per heavy atom. The molecule has 0 saturated carbocycles. The van der Waals surface area contributed by atoms with Crippen molar-refractivity contribution < 1.29 is 29.4 Å². The molecule has 0 bridgehead atoms. The molecule has 3 heterocycles. The van der Waals surface area contributed by atoms with Crippen molar-refractivity contribution in [2.24, 2.45) is 0 Å². The molecule has 0 aliphatic carbocycles. The number of carbonyl (C=O) groups is 4. The Hall–Kier alpha value is -7.13. The third-order valence-electron chi connectivity index (χ3n) is 18.2. The van der Waals surface area contributed by atoms with Crippen molar-refractivity contribution in [1.29, 1.82) is 0 Å². The molecule has 1 aromatic heterocycles. The van der Waals surface area contributed by atoms with E-state index >= 15 is 0 Å². The average molecular weight is 1130 g/mol. The fourth-order valence-electron chi connectivity index (χ4n) is 13.3. The topological polar surface area (TPSA) is 128 Å². The predicted molar refractivity (Wildman–Crippen MR) is 348 cm³/mol. The second-order valence-electron chi connectivity index (χ2n) is 24.2. The number of benzene rings is 7. The fraction of sp³-hybridized carbons (Fsp3) is 0.453. The smallest absolute Gasteiger partial charge is 0.265 e. The van der Waals surface area contributed by atoms with Crippen LogP contribution in [-0.4, -0.2) is 38.8 Å². The van der Waals surface area contributed by atoms with Gasteiger partial charge in [0.25, 0.3) is 23.6 Å². The van der Waals surface area contributed by atoms with Gasteiger partial charge in [0.1, 0.15) is 11.5 Å². The molecule has 1 atom stereocenters. The van der Waals surface area contributed by atoms with Gasteiger partial charge in [-0.15, -0.1) is 0 Å². The van der Waals surface area contributed by atoms with Crippen molar-refractivity contribution in [2.75, 3.05) is 9.80 Å². The number of hydrogen-bond acceptors (Lipinski definition) is 7. The van der Waals surface area contributed by atoms with Gasteiger partial charge in [-0.3, -0.25) is 24.2 Å². The van der Waals surface area contributed by atoms with Crippen LogP contribution in [0.25, 0.3) is 43.1 Å². The Balaban J connectivity index is 0.000000767. The highest BCUT2D eigenvalue weighted by molar-refractivity contribution is 6.45. The first-order valence-corrected chi connectivity index (χ1v) is 32.6. The van der Waals surface area contributed by atoms with Gasteiger partial charge in [-0.05, 0) is 160 Å². The fourth-order valence-corrected chi connectivity index (χ4v) is 13.3. The van der Waals surface area contributed by atoms with Crippen LogP contribution in [0.2, 0.25) is 0 Å². The molecule has 2 aliphatic rings. The molecule has 9 nitrogen and oxygen atoms in total. The van der Waals surface area contributed by atoms with Gasteiger partial charge in [-0.2, -0.15) is 0 Å². The van der Waals surface area contributed by atoms with E-state index in [0.717, 1.165) is 82.0 Å². The van der Waals surface area contributed by atoms with Crippen molar-refractivity contribution in [1.82, 2.24) is 4.98 Å². The molecule has 0 fully saturated rings. The van der Waals surface area contributed by atoms with Crippen LogP contribution < -0.4 is 9.80 Å². The maximum atomic E-state index is 14.7. The lowest BCUT2D eigenvalue weighted by atomic mass is 9.82. The number of pyridine rings is 1. The summed E-state index contributed by atoms with van der Waals surface area (Å²) in [5, 5.41) is 27.4. The number of imide groups is 2. The molecule has 1 unspecified atom stereocenters. The molecule has 7 aromatic carbocycles. The Kier molecular flexibility index (Phi) is 22.0. The van der Waals surface area contributed by atoms with Crippen molar-refractivity contribution >= 4 is 78.1 Å². The summed E-state index contributed by atoms with van der Waals surface area (Å²) in [4.78, 5) is 65.4. The number of amides is 4. The number of phenolic OH excluding ortho intramolecular Hbond substituents is 2. The van der Waals surface area contributed by atoms with Gasteiger partial charge in [0.05, 0.1) is 11.4 Å². The predicted octanol–water partition coefficient (Wildman–Crippen LogP) is 20.6. The summed E-state index contributed by atoms with van der Waals surface area (Å²) in [5.41, 5.74) is 5.66. The molecular weight excluding hydrogens is 1040 g/mol. The Labute approximate surface area is 499 Å². The summed E-state index contributed by atoms with van der Waals surface area (Å²) < 4.78 is 0. The van der Waals surface area contributed by atoms with Crippen LogP contribution in [0.3, 0.4) is 0 Å². The molecule has 442 valence electrons. The SMILES string of the molecule is CCC(C)c1ccncc1.CCCCCCCCCCCCCCCc1cc(O)ccc1N1C(=O)c2ccc3c4ccc5c6c(ccc(c7ccc(c2c37)C1=O)c64)C(=O)N(c1ccc(O)cc1CCCCCCCCCCCCCCC)C5=O. The van der Waals surface area contributed by atoms with Crippen molar-refractivity contribution in [2.45, 2.75) is 220 Å². The molecule has 0 spiro atoms. The number of rotatable bonds is 32. The molecule has 2 aliphatic heterocycles. The number of hydrogen-bond donors (Lipinski definition) is 2. The lowest BCUT2D eigenvalue weighted by Crippen LogP contribution is -2.41. The summed E-state index contributed by atoms with van der Waals surface area (Å²) >= 11 is 0. The molecule has 9 heteroatoms. The van der Waals surface area contributed by atoms with Crippen LogP contribution in [0.5, 0.6) is 11.5 Å². The number of carbonyl (C=O) groups excluding carboxylic acids is 4. The minimum atomic E-state index is -0.404. The molecule has 2 N–H and O–H groups in total. The first kappa shape index (κ1) is 61.4. The van der Waals surface area contributed by atoms with Gasteiger partial charge >= 0.3 is 0 Å². The van der Waals surface area contributed by atoms with E-state index in [2.05, 4.69) is 44.8 Å². The minimum Gasteiger partial charge on any atom is -0.508 e. The summed E-state index contributed by atoms with van der Waals surface area (Å²) in [6.07, 6.45) is 38.5. The average Bonchev–Trinajstić information content (AvgIpc) is 0.861. The normalized spacial score (nSPS) is 13.5. The first-order chi connectivity index (χ1) is 41.1. The Morgan fingerprint density at radius 2 is 0.667 bits per heavy atom. The van der Waals surface area contributed by atoms with Gasteiger partial charge in [-0.25, -0.2) is 9.80 Å². The monoisotopic (exact) mass is 1130 g/mol. The molecule has 8 aromatic rings. The maximum Gasteiger partial charge on any atom is 0.265 e. The van der Waals surface area contributed by atoms with Crippen LogP contribution in [0, 0.1) is 0 Å². The molecule has 84 heavy (non-hydrogen) atoms. The number of aromatic hydroxyl groups is 2. The highest BCUT2D eigenvalue weighted by Gasteiger charge is 2.39. The van der Waals surface area contributed by atoms with Gasteiger partial charge in [0.15, 0.2) is 0 Å². The second-order valence-corrected chi connectivity index (χ2v) is 24.2. The quantitative estimate of drug-likeness (QED) is 0.0186. The third-order valence-corrected chi connectivity index (χ3v) is 18.2. The van der Waals surface area contributed by atoms with Crippen LogP contribution >= 0.6 is 0 Å². The van der Waals surface area contributed by atoms with E-state index < -0.39 is 23.6 Å². The number of fused-ring (bicyclic) bond motifs is 2. The summed E-state index contributed by atoms with van der Waals surface area (Å²) in [5.74, 6) is -0.735. The first-order valence-electron chi connectivity index (χ1n) is 32.6. The lowest BCUT2D eigenvalue weighted by molar-refractivity contribution is 0.0877. The van der Waals surface area contributed by atoms with E-state index in [1.165, 1.54) is 150 Å². The Bertz CT molecular complexity index is 3200. The van der Waals surface area contributed by atoms with E-state index in [9.17, 15) is 29.4 Å². The number of unbranched alkanes of at least 4 members (excludes halogenated alkanes) is 24. The maximum absolute atomic E-state index is 14.7. The second kappa shape index (κ2) is 30.1. The van der Waals surface area contributed by atoms with Crippen molar-refractivity contribution in [3.8, 4) is 11.5 Å². The zero-order chi connectivity index (χ0) is 59.0. The van der Waals surface area contributed by atoms with Crippen LogP contribution in [0.15, 0.2) is 109 Å².